The van der Waals surface area contributed by atoms with Crippen LogP contribution in [0.2, 0.25) is 0 Å². The molecule has 1 N–H and O–H groups in total. The fourth-order valence-electron chi connectivity index (χ4n) is 3.99. The number of carboxylic acid groups (broad SMARTS) is 1. The Morgan fingerprint density at radius 2 is 2.08 bits per heavy atom. The number of hydrogen-bond donors (Lipinski definition) is 1. The van der Waals surface area contributed by atoms with Crippen molar-refractivity contribution in [1.82, 2.24) is 0 Å². The zero-order valence-electron chi connectivity index (χ0n) is 13.5. The Balaban J connectivity index is 1.61. The molecule has 3 heterocycles. The Hall–Kier alpha value is -2.67. The van der Waals surface area contributed by atoms with Crippen molar-refractivity contribution in [3.63, 3.8) is 0 Å². The molecule has 4 rings (SSSR count). The molecule has 25 heavy (non-hydrogen) atoms. The first-order valence-corrected chi connectivity index (χ1v) is 8.15. The number of carboxylic acids is 1. The van der Waals surface area contributed by atoms with Crippen LogP contribution in [-0.2, 0) is 19.1 Å². The van der Waals surface area contributed by atoms with Gasteiger partial charge < -0.3 is 19.5 Å². The van der Waals surface area contributed by atoms with Crippen LogP contribution >= 0.6 is 0 Å². The van der Waals surface area contributed by atoms with Gasteiger partial charge in [0.05, 0.1) is 30.7 Å². The third-order valence-corrected chi connectivity index (χ3v) is 5.08. The minimum atomic E-state index is -1.02. The molecule has 2 bridgehead atoms. The first kappa shape index (κ1) is 15.8. The molecule has 0 unspecified atom stereocenters. The predicted molar refractivity (Wildman–Crippen MR) is 86.1 cm³/mol. The molecule has 1 spiro atoms. The lowest BCUT2D eigenvalue weighted by Crippen LogP contribution is -2.39. The van der Waals surface area contributed by atoms with Crippen LogP contribution in [-0.4, -0.2) is 47.8 Å². The van der Waals surface area contributed by atoms with E-state index in [1.54, 1.807) is 37.3 Å². The fourth-order valence-corrected chi connectivity index (χ4v) is 3.99. The van der Waals surface area contributed by atoms with Crippen LogP contribution in [0.25, 0.3) is 0 Å². The van der Waals surface area contributed by atoms with Crippen molar-refractivity contribution in [1.29, 1.82) is 0 Å². The highest BCUT2D eigenvalue weighted by molar-refractivity contribution is 6.02. The number of anilines is 1. The average Bonchev–Trinajstić information content (AvgIpc) is 3.23. The topological polar surface area (TPSA) is 93.1 Å². The van der Waals surface area contributed by atoms with Crippen LogP contribution < -0.4 is 4.90 Å². The summed E-state index contributed by atoms with van der Waals surface area (Å²) in [6, 6.07) is 6.51. The standard InChI is InChI=1S/C18H17NO6/c1-2-24-17(23)10-3-5-11(6-4-10)19-9-18-8-7-12(25-18)13(16(21)22)14(18)15(19)20/h3-8,12-14H,2,9H2,1H3,(H,21,22)/t12-,13+,14+,18+/m1/s1. The summed E-state index contributed by atoms with van der Waals surface area (Å²) < 4.78 is 10.8. The van der Waals surface area contributed by atoms with E-state index in [4.69, 9.17) is 9.47 Å². The highest BCUT2D eigenvalue weighted by Crippen LogP contribution is 2.52. The summed E-state index contributed by atoms with van der Waals surface area (Å²) in [5.41, 5.74) is 0.132. The van der Waals surface area contributed by atoms with E-state index in [-0.39, 0.29) is 19.1 Å². The molecule has 0 radical (unpaired) electrons. The molecule has 3 aliphatic heterocycles. The molecule has 0 aromatic heterocycles. The third-order valence-electron chi connectivity index (χ3n) is 5.08. The van der Waals surface area contributed by atoms with Gasteiger partial charge in [0, 0.05) is 5.69 Å². The number of carbonyl (C=O) groups excluding carboxylic acids is 2. The number of carbonyl (C=O) groups is 3. The first-order valence-electron chi connectivity index (χ1n) is 8.15. The summed E-state index contributed by atoms with van der Waals surface area (Å²) in [5, 5.41) is 9.47. The second kappa shape index (κ2) is 5.42. The van der Waals surface area contributed by atoms with Crippen molar-refractivity contribution >= 4 is 23.5 Å². The van der Waals surface area contributed by atoms with Gasteiger partial charge in [-0.2, -0.15) is 0 Å². The molecular formula is C18H17NO6. The SMILES string of the molecule is CCOC(=O)c1ccc(N2C[C@]34C=C[C@@H](O3)[C@H](C(=O)O)[C@H]4C2=O)cc1. The molecule has 1 aromatic rings. The molecule has 1 amide bonds. The number of aliphatic carboxylic acids is 1. The van der Waals surface area contributed by atoms with Gasteiger partial charge in [-0.15, -0.1) is 0 Å². The lowest BCUT2D eigenvalue weighted by Gasteiger charge is -2.21. The van der Waals surface area contributed by atoms with Gasteiger partial charge in [-0.25, -0.2) is 4.79 Å². The number of fused-ring (bicyclic) bond motifs is 1. The normalized spacial score (nSPS) is 32.1. The van der Waals surface area contributed by atoms with E-state index >= 15 is 0 Å². The summed E-state index contributed by atoms with van der Waals surface area (Å²) in [6.45, 7) is 2.29. The number of hydrogen-bond acceptors (Lipinski definition) is 5. The Morgan fingerprint density at radius 1 is 1.36 bits per heavy atom. The number of esters is 1. The van der Waals surface area contributed by atoms with Gasteiger partial charge in [0.25, 0.3) is 0 Å². The van der Waals surface area contributed by atoms with Crippen LogP contribution in [0.1, 0.15) is 17.3 Å². The van der Waals surface area contributed by atoms with Crippen LogP contribution in [0.15, 0.2) is 36.4 Å². The maximum Gasteiger partial charge on any atom is 0.338 e. The highest BCUT2D eigenvalue weighted by atomic mass is 16.5. The van der Waals surface area contributed by atoms with Crippen molar-refractivity contribution in [3.8, 4) is 0 Å². The minimum absolute atomic E-state index is 0.261. The zero-order chi connectivity index (χ0) is 17.8. The Bertz CT molecular complexity index is 785. The molecule has 2 fully saturated rings. The molecule has 0 saturated carbocycles. The first-order chi connectivity index (χ1) is 12.0. The number of rotatable bonds is 4. The number of benzene rings is 1. The van der Waals surface area contributed by atoms with Crippen molar-refractivity contribution in [2.24, 2.45) is 11.8 Å². The number of amides is 1. The minimum Gasteiger partial charge on any atom is -0.481 e. The van der Waals surface area contributed by atoms with Gasteiger partial charge in [-0.05, 0) is 31.2 Å². The van der Waals surface area contributed by atoms with Crippen LogP contribution in [0.5, 0.6) is 0 Å². The molecular weight excluding hydrogens is 326 g/mol. The maximum absolute atomic E-state index is 12.9. The number of nitrogens with zero attached hydrogens (tertiary/aromatic N) is 1. The van der Waals surface area contributed by atoms with E-state index in [2.05, 4.69) is 0 Å². The Kier molecular flexibility index (Phi) is 3.43. The van der Waals surface area contributed by atoms with E-state index in [1.165, 1.54) is 4.90 Å². The molecule has 130 valence electrons. The summed E-state index contributed by atoms with van der Waals surface area (Å²) >= 11 is 0. The predicted octanol–water partition coefficient (Wildman–Crippen LogP) is 1.23. The van der Waals surface area contributed by atoms with Crippen molar-refractivity contribution in [3.05, 3.63) is 42.0 Å². The third kappa shape index (κ3) is 2.19. The van der Waals surface area contributed by atoms with Crippen molar-refractivity contribution < 1.29 is 29.0 Å². The fraction of sp³-hybridized carbons (Fsp3) is 0.389. The zero-order valence-corrected chi connectivity index (χ0v) is 13.5. The van der Waals surface area contributed by atoms with Crippen molar-refractivity contribution in [2.45, 2.75) is 18.6 Å². The molecule has 2 saturated heterocycles. The molecule has 0 aliphatic carbocycles. The van der Waals surface area contributed by atoms with E-state index < -0.39 is 35.5 Å². The van der Waals surface area contributed by atoms with Gasteiger partial charge in [0.15, 0.2) is 0 Å². The quantitative estimate of drug-likeness (QED) is 0.653. The smallest absolute Gasteiger partial charge is 0.338 e. The van der Waals surface area contributed by atoms with E-state index in [0.29, 0.717) is 11.3 Å². The van der Waals surface area contributed by atoms with Crippen LogP contribution in [0.3, 0.4) is 0 Å². The van der Waals surface area contributed by atoms with E-state index in [9.17, 15) is 19.5 Å². The summed E-state index contributed by atoms with van der Waals surface area (Å²) in [7, 11) is 0. The van der Waals surface area contributed by atoms with Crippen molar-refractivity contribution in [2.75, 3.05) is 18.1 Å². The number of ether oxygens (including phenoxy) is 2. The van der Waals surface area contributed by atoms with E-state index in [0.717, 1.165) is 0 Å². The van der Waals surface area contributed by atoms with Gasteiger partial charge >= 0.3 is 11.9 Å². The van der Waals surface area contributed by atoms with Gasteiger partial charge in [0.2, 0.25) is 5.91 Å². The second-order valence-corrected chi connectivity index (χ2v) is 6.43. The monoisotopic (exact) mass is 343 g/mol. The highest BCUT2D eigenvalue weighted by Gasteiger charge is 2.67. The Morgan fingerprint density at radius 3 is 2.72 bits per heavy atom. The Labute approximate surface area is 143 Å². The van der Waals surface area contributed by atoms with E-state index in [1.807, 2.05) is 6.08 Å². The molecule has 1 aromatic carbocycles. The van der Waals surface area contributed by atoms with Gasteiger partial charge in [-0.3, -0.25) is 9.59 Å². The summed E-state index contributed by atoms with van der Waals surface area (Å²) in [5.74, 6) is -3.28. The van der Waals surface area contributed by atoms with Crippen LogP contribution in [0.4, 0.5) is 5.69 Å². The molecule has 4 atom stereocenters. The molecule has 7 nitrogen and oxygen atoms in total. The molecule has 3 aliphatic rings. The molecule has 7 heteroatoms. The van der Waals surface area contributed by atoms with Gasteiger partial charge in [-0.1, -0.05) is 12.2 Å². The largest absolute Gasteiger partial charge is 0.481 e. The lowest BCUT2D eigenvalue weighted by atomic mass is 9.77. The average molecular weight is 343 g/mol. The maximum atomic E-state index is 12.9. The summed E-state index contributed by atoms with van der Waals surface area (Å²) in [6.07, 6.45) is 3.00. The van der Waals surface area contributed by atoms with Gasteiger partial charge in [0.1, 0.15) is 11.5 Å². The van der Waals surface area contributed by atoms with Crippen LogP contribution in [0, 0.1) is 11.8 Å². The second-order valence-electron chi connectivity index (χ2n) is 6.43. The lowest BCUT2D eigenvalue weighted by molar-refractivity contribution is -0.146. The summed E-state index contributed by atoms with van der Waals surface area (Å²) in [4.78, 5) is 37.7.